The van der Waals surface area contributed by atoms with Crippen LogP contribution in [0.2, 0.25) is 0 Å². The molecule has 1 aliphatic carbocycles. The summed E-state index contributed by atoms with van der Waals surface area (Å²) in [5.41, 5.74) is 0.380. The number of likely N-dealkylation sites (tertiary alicyclic amines) is 2. The van der Waals surface area contributed by atoms with Crippen LogP contribution in [0.4, 0.5) is 0 Å². The van der Waals surface area contributed by atoms with Gasteiger partial charge in [-0.15, -0.1) is 0 Å². The third-order valence-electron chi connectivity index (χ3n) is 6.12. The Morgan fingerprint density at radius 1 is 1.26 bits per heavy atom. The first-order chi connectivity index (χ1) is 11.2. The molecular weight excluding hydrogens is 288 g/mol. The van der Waals surface area contributed by atoms with E-state index in [1.807, 2.05) is 0 Å². The maximum Gasteiger partial charge on any atom is 0.222 e. The van der Waals surface area contributed by atoms with Gasteiger partial charge in [0.25, 0.3) is 0 Å². The summed E-state index contributed by atoms with van der Waals surface area (Å²) in [6.07, 6.45) is 12.9. The predicted molar refractivity (Wildman–Crippen MR) is 92.3 cm³/mol. The van der Waals surface area contributed by atoms with E-state index in [1.54, 1.807) is 7.11 Å². The van der Waals surface area contributed by atoms with E-state index in [9.17, 15) is 4.79 Å². The SMILES string of the molecule is COCCN1CC2(CCC1=O)CCN(C[C@H]1CC=CCC1)CC2. The van der Waals surface area contributed by atoms with Crippen molar-refractivity contribution >= 4 is 5.91 Å². The van der Waals surface area contributed by atoms with Crippen molar-refractivity contribution in [1.82, 2.24) is 9.80 Å². The van der Waals surface area contributed by atoms with E-state index in [0.717, 1.165) is 31.8 Å². The minimum Gasteiger partial charge on any atom is -0.383 e. The molecule has 1 amide bonds. The lowest BCUT2D eigenvalue weighted by Gasteiger charge is -2.48. The molecule has 2 aliphatic heterocycles. The molecule has 0 saturated carbocycles. The molecule has 2 fully saturated rings. The van der Waals surface area contributed by atoms with Crippen molar-refractivity contribution in [1.29, 1.82) is 0 Å². The molecule has 0 aromatic carbocycles. The quantitative estimate of drug-likeness (QED) is 0.730. The summed E-state index contributed by atoms with van der Waals surface area (Å²) in [4.78, 5) is 16.8. The molecule has 0 unspecified atom stereocenters. The number of hydrogen-bond acceptors (Lipinski definition) is 3. The Balaban J connectivity index is 1.48. The molecule has 3 rings (SSSR count). The highest BCUT2D eigenvalue weighted by molar-refractivity contribution is 5.77. The Hall–Kier alpha value is -0.870. The van der Waals surface area contributed by atoms with Gasteiger partial charge >= 0.3 is 0 Å². The van der Waals surface area contributed by atoms with Gasteiger partial charge in [-0.25, -0.2) is 0 Å². The summed E-state index contributed by atoms with van der Waals surface area (Å²) < 4.78 is 5.16. The van der Waals surface area contributed by atoms with Crippen LogP contribution in [-0.2, 0) is 9.53 Å². The summed E-state index contributed by atoms with van der Waals surface area (Å²) in [6, 6.07) is 0. The van der Waals surface area contributed by atoms with Gasteiger partial charge in [0.2, 0.25) is 5.91 Å². The molecule has 2 saturated heterocycles. The second kappa shape index (κ2) is 7.80. The van der Waals surface area contributed by atoms with Crippen LogP contribution in [0.5, 0.6) is 0 Å². The number of hydrogen-bond donors (Lipinski definition) is 0. The molecule has 4 heteroatoms. The monoisotopic (exact) mass is 320 g/mol. The van der Waals surface area contributed by atoms with Gasteiger partial charge in [-0.3, -0.25) is 4.79 Å². The maximum atomic E-state index is 12.1. The zero-order chi connectivity index (χ0) is 16.1. The van der Waals surface area contributed by atoms with Crippen LogP contribution in [0, 0.1) is 11.3 Å². The largest absolute Gasteiger partial charge is 0.383 e. The molecule has 0 aromatic heterocycles. The van der Waals surface area contributed by atoms with Crippen LogP contribution in [0.15, 0.2) is 12.2 Å². The highest BCUT2D eigenvalue weighted by Crippen LogP contribution is 2.40. The lowest BCUT2D eigenvalue weighted by molar-refractivity contribution is -0.140. The van der Waals surface area contributed by atoms with Crippen LogP contribution in [0.3, 0.4) is 0 Å². The Bertz CT molecular complexity index is 427. The fourth-order valence-electron chi connectivity index (χ4n) is 4.51. The predicted octanol–water partition coefficient (Wildman–Crippen LogP) is 2.69. The smallest absolute Gasteiger partial charge is 0.222 e. The highest BCUT2D eigenvalue weighted by atomic mass is 16.5. The van der Waals surface area contributed by atoms with Crippen molar-refractivity contribution in [2.45, 2.75) is 44.9 Å². The van der Waals surface area contributed by atoms with E-state index in [1.165, 1.54) is 51.7 Å². The van der Waals surface area contributed by atoms with Gasteiger partial charge in [0, 0.05) is 33.2 Å². The van der Waals surface area contributed by atoms with Crippen molar-refractivity contribution in [2.24, 2.45) is 11.3 Å². The summed E-state index contributed by atoms with van der Waals surface area (Å²) in [5.74, 6) is 1.18. The number of amides is 1. The van der Waals surface area contributed by atoms with Crippen molar-refractivity contribution < 1.29 is 9.53 Å². The van der Waals surface area contributed by atoms with Crippen molar-refractivity contribution in [3.8, 4) is 0 Å². The molecule has 4 nitrogen and oxygen atoms in total. The van der Waals surface area contributed by atoms with Crippen molar-refractivity contribution in [2.75, 3.05) is 46.4 Å². The Labute approximate surface area is 140 Å². The van der Waals surface area contributed by atoms with Gasteiger partial charge in [0.05, 0.1) is 6.61 Å². The number of carbonyl (C=O) groups excluding carboxylic acids is 1. The van der Waals surface area contributed by atoms with E-state index in [-0.39, 0.29) is 0 Å². The van der Waals surface area contributed by atoms with E-state index in [4.69, 9.17) is 4.74 Å². The third kappa shape index (κ3) is 4.36. The van der Waals surface area contributed by atoms with Crippen molar-refractivity contribution in [3.63, 3.8) is 0 Å². The number of nitrogens with zero attached hydrogens (tertiary/aromatic N) is 2. The molecule has 0 aromatic rings. The standard InChI is InChI=1S/C19H32N2O2/c1-23-14-13-21-16-19(8-7-18(21)22)9-11-20(12-10-19)15-17-5-3-2-4-6-17/h2-3,17H,4-16H2,1H3/t17-/m0/s1. The minimum atomic E-state index is 0.323. The summed E-state index contributed by atoms with van der Waals surface area (Å²) in [6.45, 7) is 6.07. The number of rotatable bonds is 5. The lowest BCUT2D eigenvalue weighted by atomic mass is 9.72. The number of allylic oxidation sites excluding steroid dienone is 2. The molecule has 0 N–H and O–H groups in total. The number of carbonyl (C=O) groups is 1. The van der Waals surface area contributed by atoms with E-state index in [2.05, 4.69) is 22.0 Å². The molecular formula is C19H32N2O2. The Morgan fingerprint density at radius 3 is 2.78 bits per heavy atom. The minimum absolute atomic E-state index is 0.323. The molecule has 23 heavy (non-hydrogen) atoms. The zero-order valence-electron chi connectivity index (χ0n) is 14.6. The second-order valence-corrected chi connectivity index (χ2v) is 7.76. The summed E-state index contributed by atoms with van der Waals surface area (Å²) >= 11 is 0. The van der Waals surface area contributed by atoms with Crippen LogP contribution in [-0.4, -0.2) is 62.1 Å². The number of piperidine rings is 2. The lowest BCUT2D eigenvalue weighted by Crippen LogP contribution is -2.52. The molecule has 0 bridgehead atoms. The van der Waals surface area contributed by atoms with E-state index < -0.39 is 0 Å². The Kier molecular flexibility index (Phi) is 5.76. The normalized spacial score (nSPS) is 28.5. The van der Waals surface area contributed by atoms with Gasteiger partial charge in [-0.05, 0) is 62.9 Å². The molecule has 2 heterocycles. The molecule has 130 valence electrons. The summed E-state index contributed by atoms with van der Waals surface area (Å²) in [7, 11) is 1.71. The van der Waals surface area contributed by atoms with Gasteiger partial charge in [0.1, 0.15) is 0 Å². The van der Waals surface area contributed by atoms with Crippen molar-refractivity contribution in [3.05, 3.63) is 12.2 Å². The fourth-order valence-corrected chi connectivity index (χ4v) is 4.51. The van der Waals surface area contributed by atoms with E-state index in [0.29, 0.717) is 17.9 Å². The first-order valence-corrected chi connectivity index (χ1v) is 9.35. The fraction of sp³-hybridized carbons (Fsp3) is 0.842. The van der Waals surface area contributed by atoms with Crippen LogP contribution >= 0.6 is 0 Å². The number of ether oxygens (including phenoxy) is 1. The van der Waals surface area contributed by atoms with Gasteiger partial charge in [0.15, 0.2) is 0 Å². The highest BCUT2D eigenvalue weighted by Gasteiger charge is 2.40. The van der Waals surface area contributed by atoms with Crippen LogP contribution < -0.4 is 0 Å². The first kappa shape index (κ1) is 17.0. The molecule has 1 spiro atoms. The van der Waals surface area contributed by atoms with Gasteiger partial charge < -0.3 is 14.5 Å². The van der Waals surface area contributed by atoms with Crippen LogP contribution in [0.25, 0.3) is 0 Å². The third-order valence-corrected chi connectivity index (χ3v) is 6.12. The van der Waals surface area contributed by atoms with E-state index >= 15 is 0 Å². The average molecular weight is 320 g/mol. The average Bonchev–Trinajstić information content (AvgIpc) is 2.59. The zero-order valence-corrected chi connectivity index (χ0v) is 14.6. The molecule has 1 atom stereocenters. The number of methoxy groups -OCH3 is 1. The molecule has 3 aliphatic rings. The van der Waals surface area contributed by atoms with Crippen LogP contribution in [0.1, 0.15) is 44.9 Å². The second-order valence-electron chi connectivity index (χ2n) is 7.76. The first-order valence-electron chi connectivity index (χ1n) is 9.35. The van der Waals surface area contributed by atoms with Gasteiger partial charge in [-0.2, -0.15) is 0 Å². The maximum absolute atomic E-state index is 12.1. The van der Waals surface area contributed by atoms with Gasteiger partial charge in [-0.1, -0.05) is 12.2 Å². The Morgan fingerprint density at radius 2 is 2.09 bits per heavy atom. The topological polar surface area (TPSA) is 32.8 Å². The molecule has 0 radical (unpaired) electrons. The summed E-state index contributed by atoms with van der Waals surface area (Å²) in [5, 5.41) is 0.